The van der Waals surface area contributed by atoms with Crippen LogP contribution in [0.1, 0.15) is 31.2 Å². The van der Waals surface area contributed by atoms with Gasteiger partial charge in [-0.1, -0.05) is 12.1 Å². The van der Waals surface area contributed by atoms with Crippen molar-refractivity contribution >= 4 is 5.91 Å². The number of hydrogen-bond acceptors (Lipinski definition) is 3. The van der Waals surface area contributed by atoms with Crippen molar-refractivity contribution in [2.45, 2.75) is 38.2 Å². The number of halogens is 1. The van der Waals surface area contributed by atoms with Gasteiger partial charge in [-0.3, -0.25) is 4.79 Å². The summed E-state index contributed by atoms with van der Waals surface area (Å²) in [6.07, 6.45) is 3.68. The number of amides is 1. The number of ether oxygens (including phenoxy) is 1. The van der Waals surface area contributed by atoms with Gasteiger partial charge in [0.1, 0.15) is 5.82 Å². The molecular formula is C17H24FNO3. The van der Waals surface area contributed by atoms with Gasteiger partial charge in [-0.2, -0.15) is 0 Å². The summed E-state index contributed by atoms with van der Waals surface area (Å²) in [5, 5.41) is 8.73. The van der Waals surface area contributed by atoms with E-state index in [1.165, 1.54) is 12.1 Å². The fourth-order valence-corrected chi connectivity index (χ4v) is 2.65. The van der Waals surface area contributed by atoms with Gasteiger partial charge in [0.2, 0.25) is 5.91 Å². The molecule has 0 aliphatic carbocycles. The molecule has 122 valence electrons. The number of aliphatic hydroxyl groups is 1. The summed E-state index contributed by atoms with van der Waals surface area (Å²) in [6, 6.07) is 6.30. The molecule has 1 fully saturated rings. The molecule has 0 atom stereocenters. The lowest BCUT2D eigenvalue weighted by atomic mass is 10.1. The zero-order valence-corrected chi connectivity index (χ0v) is 12.8. The first-order chi connectivity index (χ1) is 10.7. The Morgan fingerprint density at radius 3 is 2.59 bits per heavy atom. The minimum atomic E-state index is -0.252. The largest absolute Gasteiger partial charge is 0.396 e. The van der Waals surface area contributed by atoms with Crippen molar-refractivity contribution in [3.8, 4) is 0 Å². The minimum Gasteiger partial charge on any atom is -0.396 e. The molecule has 0 unspecified atom stereocenters. The van der Waals surface area contributed by atoms with Crippen LogP contribution < -0.4 is 0 Å². The monoisotopic (exact) mass is 309 g/mol. The summed E-state index contributed by atoms with van der Waals surface area (Å²) in [5.41, 5.74) is 0.983. The summed E-state index contributed by atoms with van der Waals surface area (Å²) < 4.78 is 18.5. The van der Waals surface area contributed by atoms with Gasteiger partial charge in [-0.25, -0.2) is 4.39 Å². The van der Waals surface area contributed by atoms with Crippen molar-refractivity contribution in [2.75, 3.05) is 26.3 Å². The van der Waals surface area contributed by atoms with Crippen molar-refractivity contribution in [1.29, 1.82) is 0 Å². The second-order valence-corrected chi connectivity index (χ2v) is 5.65. The molecular weight excluding hydrogens is 285 g/mol. The number of likely N-dealkylation sites (tertiary alicyclic amines) is 1. The molecule has 1 aromatic rings. The molecule has 1 aromatic carbocycles. The lowest BCUT2D eigenvalue weighted by Gasteiger charge is -2.32. The maximum Gasteiger partial charge on any atom is 0.222 e. The molecule has 1 aliphatic rings. The normalized spacial score (nSPS) is 16.0. The third kappa shape index (κ3) is 5.39. The van der Waals surface area contributed by atoms with E-state index in [-0.39, 0.29) is 24.4 Å². The number of rotatable bonds is 7. The number of aliphatic hydroxyl groups excluding tert-OH is 1. The van der Waals surface area contributed by atoms with E-state index < -0.39 is 0 Å². The van der Waals surface area contributed by atoms with E-state index in [1.54, 1.807) is 12.1 Å². The molecule has 1 N–H and O–H groups in total. The highest BCUT2D eigenvalue weighted by atomic mass is 19.1. The van der Waals surface area contributed by atoms with E-state index in [4.69, 9.17) is 9.84 Å². The van der Waals surface area contributed by atoms with Gasteiger partial charge in [0.05, 0.1) is 6.10 Å². The third-order valence-electron chi connectivity index (χ3n) is 3.99. The number of hydrogen-bond donors (Lipinski definition) is 1. The predicted octanol–water partition coefficient (Wildman–Crippen LogP) is 2.15. The first kappa shape index (κ1) is 16.9. The Labute approximate surface area is 130 Å². The zero-order chi connectivity index (χ0) is 15.8. The fraction of sp³-hybridized carbons (Fsp3) is 0.588. The van der Waals surface area contributed by atoms with Gasteiger partial charge in [-0.05, 0) is 43.4 Å². The highest BCUT2D eigenvalue weighted by Gasteiger charge is 2.22. The van der Waals surface area contributed by atoms with Crippen molar-refractivity contribution in [3.63, 3.8) is 0 Å². The molecule has 0 radical (unpaired) electrons. The van der Waals surface area contributed by atoms with Gasteiger partial charge >= 0.3 is 0 Å². The Balaban J connectivity index is 1.67. The van der Waals surface area contributed by atoms with Crippen molar-refractivity contribution in [2.24, 2.45) is 0 Å². The molecule has 0 spiro atoms. The number of benzene rings is 1. The van der Waals surface area contributed by atoms with E-state index in [1.807, 2.05) is 4.90 Å². The first-order valence-electron chi connectivity index (χ1n) is 7.93. The Bertz CT molecular complexity index is 455. The van der Waals surface area contributed by atoms with Crippen LogP contribution in [0.15, 0.2) is 24.3 Å². The van der Waals surface area contributed by atoms with Crippen LogP contribution in [-0.4, -0.2) is 48.3 Å². The molecule has 1 heterocycles. The van der Waals surface area contributed by atoms with Gasteiger partial charge in [0.25, 0.3) is 0 Å². The lowest BCUT2D eigenvalue weighted by Crippen LogP contribution is -2.41. The molecule has 5 heteroatoms. The lowest BCUT2D eigenvalue weighted by molar-refractivity contribution is -0.133. The van der Waals surface area contributed by atoms with Crippen LogP contribution >= 0.6 is 0 Å². The number of carbonyl (C=O) groups excluding carboxylic acids is 1. The van der Waals surface area contributed by atoms with Crippen LogP contribution in [0.5, 0.6) is 0 Å². The Kier molecular flexibility index (Phi) is 6.80. The molecule has 1 saturated heterocycles. The number of aryl methyl sites for hydroxylation is 1. The summed E-state index contributed by atoms with van der Waals surface area (Å²) >= 11 is 0. The maximum atomic E-state index is 12.8. The Hall–Kier alpha value is -1.46. The number of piperidine rings is 1. The summed E-state index contributed by atoms with van der Waals surface area (Å²) in [7, 11) is 0. The number of carbonyl (C=O) groups is 1. The summed E-state index contributed by atoms with van der Waals surface area (Å²) in [5.74, 6) is -0.100. The highest BCUT2D eigenvalue weighted by molar-refractivity contribution is 5.76. The second kappa shape index (κ2) is 8.86. The van der Waals surface area contributed by atoms with Gasteiger partial charge in [0.15, 0.2) is 0 Å². The van der Waals surface area contributed by atoms with E-state index in [2.05, 4.69) is 0 Å². The van der Waals surface area contributed by atoms with Crippen LogP contribution in [0.2, 0.25) is 0 Å². The van der Waals surface area contributed by atoms with E-state index in [0.29, 0.717) is 25.9 Å². The van der Waals surface area contributed by atoms with Gasteiger partial charge in [0, 0.05) is 32.7 Å². The Morgan fingerprint density at radius 2 is 1.95 bits per heavy atom. The van der Waals surface area contributed by atoms with E-state index >= 15 is 0 Å². The average Bonchev–Trinajstić information content (AvgIpc) is 2.55. The Morgan fingerprint density at radius 1 is 1.27 bits per heavy atom. The first-order valence-corrected chi connectivity index (χ1v) is 7.93. The average molecular weight is 309 g/mol. The summed E-state index contributed by atoms with van der Waals surface area (Å²) in [4.78, 5) is 14.1. The molecule has 1 aliphatic heterocycles. The minimum absolute atomic E-state index is 0.151. The van der Waals surface area contributed by atoms with Crippen LogP contribution in [0, 0.1) is 5.82 Å². The quantitative estimate of drug-likeness (QED) is 0.785. The van der Waals surface area contributed by atoms with Crippen molar-refractivity contribution in [3.05, 3.63) is 35.6 Å². The fourth-order valence-electron chi connectivity index (χ4n) is 2.65. The second-order valence-electron chi connectivity index (χ2n) is 5.65. The predicted molar refractivity (Wildman–Crippen MR) is 82.0 cm³/mol. The summed E-state index contributed by atoms with van der Waals surface area (Å²) in [6.45, 7) is 2.19. The van der Waals surface area contributed by atoms with Gasteiger partial charge < -0.3 is 14.7 Å². The zero-order valence-electron chi connectivity index (χ0n) is 12.8. The maximum absolute atomic E-state index is 12.8. The van der Waals surface area contributed by atoms with Gasteiger partial charge in [-0.15, -0.1) is 0 Å². The molecule has 4 nitrogen and oxygen atoms in total. The van der Waals surface area contributed by atoms with Crippen LogP contribution in [0.3, 0.4) is 0 Å². The SMILES string of the molecule is O=C(CCc1ccc(F)cc1)N1CCC(OCCCO)CC1. The standard InChI is InChI=1S/C17H24FNO3/c18-15-5-2-14(3-6-15)4-7-17(21)19-10-8-16(9-11-19)22-13-1-12-20/h2-3,5-6,16,20H,1,4,7-13H2. The van der Waals surface area contributed by atoms with Crippen molar-refractivity contribution in [1.82, 2.24) is 4.90 Å². The smallest absolute Gasteiger partial charge is 0.222 e. The molecule has 0 bridgehead atoms. The van der Waals surface area contributed by atoms with E-state index in [0.717, 1.165) is 31.5 Å². The molecule has 0 saturated carbocycles. The third-order valence-corrected chi connectivity index (χ3v) is 3.99. The number of nitrogens with zero attached hydrogens (tertiary/aromatic N) is 1. The molecule has 1 amide bonds. The van der Waals surface area contributed by atoms with E-state index in [9.17, 15) is 9.18 Å². The molecule has 0 aromatic heterocycles. The van der Waals surface area contributed by atoms with Crippen LogP contribution in [0.4, 0.5) is 4.39 Å². The molecule has 2 rings (SSSR count). The molecule has 22 heavy (non-hydrogen) atoms. The van der Waals surface area contributed by atoms with Crippen LogP contribution in [0.25, 0.3) is 0 Å². The van der Waals surface area contributed by atoms with Crippen molar-refractivity contribution < 1.29 is 19.0 Å². The van der Waals surface area contributed by atoms with Crippen LogP contribution in [-0.2, 0) is 16.0 Å². The topological polar surface area (TPSA) is 49.8 Å². The highest BCUT2D eigenvalue weighted by Crippen LogP contribution is 2.16.